The van der Waals surface area contributed by atoms with Crippen molar-refractivity contribution >= 4 is 12.0 Å². The number of nitrogens with zero attached hydrogens (tertiary/aromatic N) is 2. The maximum Gasteiger partial charge on any atom is 0.409 e. The molecule has 0 radical (unpaired) electrons. The largest absolute Gasteiger partial charge is 0.493 e. The summed E-state index contributed by atoms with van der Waals surface area (Å²) >= 11 is 0. The monoisotopic (exact) mass is 336 g/mol. The quantitative estimate of drug-likeness (QED) is 0.820. The highest BCUT2D eigenvalue weighted by molar-refractivity contribution is 5.81. The highest BCUT2D eigenvalue weighted by Crippen LogP contribution is 2.27. The molecular formula is C17H24N2O5. The fourth-order valence-corrected chi connectivity index (χ4v) is 2.54. The predicted octanol–water partition coefficient (Wildman–Crippen LogP) is 1.76. The summed E-state index contributed by atoms with van der Waals surface area (Å²) in [7, 11) is 1.56. The van der Waals surface area contributed by atoms with E-state index in [1.807, 2.05) is 12.1 Å². The van der Waals surface area contributed by atoms with Gasteiger partial charge in [0.25, 0.3) is 5.91 Å². The normalized spacial score (nSPS) is 15.6. The van der Waals surface area contributed by atoms with Crippen LogP contribution in [-0.4, -0.2) is 67.8 Å². The highest BCUT2D eigenvalue weighted by Gasteiger charge is 2.28. The Morgan fingerprint density at radius 2 is 1.67 bits per heavy atom. The van der Waals surface area contributed by atoms with Crippen molar-refractivity contribution < 1.29 is 23.8 Å². The molecule has 1 aliphatic heterocycles. The molecule has 1 fully saturated rings. The molecule has 7 heteroatoms. The Morgan fingerprint density at radius 1 is 1.08 bits per heavy atom. The van der Waals surface area contributed by atoms with E-state index in [0.29, 0.717) is 44.3 Å². The Hall–Kier alpha value is -2.44. The van der Waals surface area contributed by atoms with E-state index in [1.165, 1.54) is 0 Å². The summed E-state index contributed by atoms with van der Waals surface area (Å²) in [5, 5.41) is 0. The van der Waals surface area contributed by atoms with E-state index in [1.54, 1.807) is 42.9 Å². The van der Waals surface area contributed by atoms with E-state index < -0.39 is 6.10 Å². The molecule has 1 saturated heterocycles. The van der Waals surface area contributed by atoms with Gasteiger partial charge in [0, 0.05) is 26.2 Å². The van der Waals surface area contributed by atoms with E-state index in [0.717, 1.165) is 0 Å². The average Bonchev–Trinajstić information content (AvgIpc) is 2.61. The van der Waals surface area contributed by atoms with Gasteiger partial charge in [-0.2, -0.15) is 0 Å². The smallest absolute Gasteiger partial charge is 0.409 e. The van der Waals surface area contributed by atoms with Crippen molar-refractivity contribution in [2.45, 2.75) is 20.0 Å². The molecule has 132 valence electrons. The number of methoxy groups -OCH3 is 1. The minimum Gasteiger partial charge on any atom is -0.493 e. The summed E-state index contributed by atoms with van der Waals surface area (Å²) in [4.78, 5) is 27.5. The second-order valence-electron chi connectivity index (χ2n) is 5.42. The van der Waals surface area contributed by atoms with Crippen molar-refractivity contribution in [1.29, 1.82) is 0 Å². The molecule has 0 aliphatic carbocycles. The Bertz CT molecular complexity index is 570. The van der Waals surface area contributed by atoms with Crippen LogP contribution in [0.1, 0.15) is 13.8 Å². The second kappa shape index (κ2) is 8.42. The average molecular weight is 336 g/mol. The van der Waals surface area contributed by atoms with Crippen molar-refractivity contribution in [2.24, 2.45) is 0 Å². The standard InChI is InChI=1S/C17H24N2O5/c1-4-23-17(21)19-11-9-18(10-12-19)16(20)13(2)24-15-8-6-5-7-14(15)22-3/h5-8,13H,4,9-12H2,1-3H3/t13-/m1/s1. The number of carbonyl (C=O) groups excluding carboxylic acids is 2. The van der Waals surface area contributed by atoms with Crippen LogP contribution in [0.15, 0.2) is 24.3 Å². The Labute approximate surface area is 142 Å². The van der Waals surface area contributed by atoms with Crippen molar-refractivity contribution in [2.75, 3.05) is 39.9 Å². The molecule has 1 heterocycles. The van der Waals surface area contributed by atoms with Crippen molar-refractivity contribution in [3.8, 4) is 11.5 Å². The molecule has 1 aromatic carbocycles. The number of piperazine rings is 1. The summed E-state index contributed by atoms with van der Waals surface area (Å²) < 4.78 is 15.9. The van der Waals surface area contributed by atoms with Crippen LogP contribution < -0.4 is 9.47 Å². The number of para-hydroxylation sites is 2. The van der Waals surface area contributed by atoms with Gasteiger partial charge in [-0.1, -0.05) is 12.1 Å². The first-order chi connectivity index (χ1) is 11.6. The number of hydrogen-bond donors (Lipinski definition) is 0. The fraction of sp³-hybridized carbons (Fsp3) is 0.529. The maximum absolute atomic E-state index is 12.5. The SMILES string of the molecule is CCOC(=O)N1CCN(C(=O)[C@@H](C)Oc2ccccc2OC)CC1. The van der Waals surface area contributed by atoms with Gasteiger partial charge in [-0.3, -0.25) is 4.79 Å². The van der Waals surface area contributed by atoms with E-state index in [2.05, 4.69) is 0 Å². The van der Waals surface area contributed by atoms with Gasteiger partial charge in [0.05, 0.1) is 13.7 Å². The van der Waals surface area contributed by atoms with Gasteiger partial charge in [-0.15, -0.1) is 0 Å². The van der Waals surface area contributed by atoms with Crippen LogP contribution in [0, 0.1) is 0 Å². The van der Waals surface area contributed by atoms with Gasteiger partial charge < -0.3 is 24.0 Å². The summed E-state index contributed by atoms with van der Waals surface area (Å²) in [5.41, 5.74) is 0. The van der Waals surface area contributed by atoms with Crippen molar-refractivity contribution in [3.05, 3.63) is 24.3 Å². The van der Waals surface area contributed by atoms with Crippen LogP contribution >= 0.6 is 0 Å². The van der Waals surface area contributed by atoms with Gasteiger partial charge in [0.15, 0.2) is 17.6 Å². The summed E-state index contributed by atoms with van der Waals surface area (Å²) in [6.07, 6.45) is -0.960. The van der Waals surface area contributed by atoms with Crippen LogP contribution in [0.5, 0.6) is 11.5 Å². The van der Waals surface area contributed by atoms with Crippen molar-refractivity contribution in [1.82, 2.24) is 9.80 Å². The van der Waals surface area contributed by atoms with Gasteiger partial charge in [-0.25, -0.2) is 4.79 Å². The molecule has 0 spiro atoms. The topological polar surface area (TPSA) is 68.3 Å². The molecule has 7 nitrogen and oxygen atoms in total. The first kappa shape index (κ1) is 17.9. The number of amides is 2. The molecule has 0 bridgehead atoms. The zero-order valence-corrected chi connectivity index (χ0v) is 14.4. The van der Waals surface area contributed by atoms with E-state index in [-0.39, 0.29) is 12.0 Å². The van der Waals surface area contributed by atoms with Gasteiger partial charge in [0.1, 0.15) is 0 Å². The lowest BCUT2D eigenvalue weighted by molar-refractivity contribution is -0.139. The fourth-order valence-electron chi connectivity index (χ4n) is 2.54. The number of benzene rings is 1. The maximum atomic E-state index is 12.5. The molecular weight excluding hydrogens is 312 g/mol. The first-order valence-corrected chi connectivity index (χ1v) is 8.07. The molecule has 1 aromatic rings. The van der Waals surface area contributed by atoms with E-state index >= 15 is 0 Å². The van der Waals surface area contributed by atoms with E-state index in [9.17, 15) is 9.59 Å². The van der Waals surface area contributed by atoms with Gasteiger partial charge in [-0.05, 0) is 26.0 Å². The minimum absolute atomic E-state index is 0.107. The lowest BCUT2D eigenvalue weighted by atomic mass is 10.2. The third-order valence-electron chi connectivity index (χ3n) is 3.84. The molecule has 0 aromatic heterocycles. The van der Waals surface area contributed by atoms with Crippen LogP contribution in [-0.2, 0) is 9.53 Å². The van der Waals surface area contributed by atoms with Crippen LogP contribution in [0.4, 0.5) is 4.79 Å². The Morgan fingerprint density at radius 3 is 2.25 bits per heavy atom. The number of hydrogen-bond acceptors (Lipinski definition) is 5. The van der Waals surface area contributed by atoms with E-state index in [4.69, 9.17) is 14.2 Å². The summed E-state index contributed by atoms with van der Waals surface area (Å²) in [6, 6.07) is 7.21. The van der Waals surface area contributed by atoms with Crippen LogP contribution in [0.3, 0.4) is 0 Å². The van der Waals surface area contributed by atoms with Gasteiger partial charge >= 0.3 is 6.09 Å². The molecule has 1 aliphatic rings. The highest BCUT2D eigenvalue weighted by atomic mass is 16.6. The number of ether oxygens (including phenoxy) is 3. The molecule has 24 heavy (non-hydrogen) atoms. The number of rotatable bonds is 5. The third kappa shape index (κ3) is 4.31. The first-order valence-electron chi connectivity index (χ1n) is 8.07. The third-order valence-corrected chi connectivity index (χ3v) is 3.84. The lowest BCUT2D eigenvalue weighted by Gasteiger charge is -2.35. The summed E-state index contributed by atoms with van der Waals surface area (Å²) in [6.45, 7) is 5.70. The Kier molecular flexibility index (Phi) is 6.28. The molecule has 0 unspecified atom stereocenters. The minimum atomic E-state index is -0.629. The molecule has 0 saturated carbocycles. The molecule has 2 rings (SSSR count). The van der Waals surface area contributed by atoms with Gasteiger partial charge in [0.2, 0.25) is 0 Å². The zero-order chi connectivity index (χ0) is 17.5. The lowest BCUT2D eigenvalue weighted by Crippen LogP contribution is -2.53. The predicted molar refractivity (Wildman–Crippen MR) is 88.3 cm³/mol. The molecule has 0 N–H and O–H groups in total. The van der Waals surface area contributed by atoms with Crippen molar-refractivity contribution in [3.63, 3.8) is 0 Å². The molecule has 2 amide bonds. The Balaban J connectivity index is 1.89. The zero-order valence-electron chi connectivity index (χ0n) is 14.4. The number of carbonyl (C=O) groups is 2. The van der Waals surface area contributed by atoms with Crippen LogP contribution in [0.25, 0.3) is 0 Å². The molecule has 1 atom stereocenters. The second-order valence-corrected chi connectivity index (χ2v) is 5.42. The summed E-state index contributed by atoms with van der Waals surface area (Å²) in [5.74, 6) is 1.01. The van der Waals surface area contributed by atoms with Crippen LogP contribution in [0.2, 0.25) is 0 Å².